The van der Waals surface area contributed by atoms with Gasteiger partial charge in [0, 0.05) is 19.4 Å². The molecule has 474 valence electrons. The largest absolute Gasteiger partial charge is 0.472 e. The molecule has 0 radical (unpaired) electrons. The molecule has 0 fully saturated rings. The van der Waals surface area contributed by atoms with Crippen molar-refractivity contribution in [2.24, 2.45) is 5.73 Å². The standard InChI is InChI=1S/C73H124NO8P/c1-3-5-7-9-11-13-15-17-19-21-23-25-27-29-31-32-33-34-35-36-37-38-40-41-43-45-47-49-51-53-55-57-59-61-63-65-72(75)79-69-71(70-81-83(77,78)80-68-67-74)82-73(76)66-64-62-60-58-56-54-52-50-48-46-44-42-39-30-28-26-24-22-20-18-16-14-12-10-8-6-4-2/h5-8,11-14,17-20,23-26,29-31,39,44,46,71H,3-4,9-10,15-16,21-22,27-28,32-38,40-43,45,47-70,74H2,1-2H3,(H,77,78)/b7-5-,8-6-,13-11-,14-12-,19-17-,20-18-,25-23-,26-24-,31-29-,39-30-,46-44-. The molecule has 0 aromatic rings. The monoisotopic (exact) mass is 1170 g/mol. The minimum Gasteiger partial charge on any atom is -0.462 e. The number of nitrogens with two attached hydrogens (primary N) is 1. The summed E-state index contributed by atoms with van der Waals surface area (Å²) in [5.74, 6) is -0.836. The first kappa shape index (κ1) is 79.2. The molecule has 9 nitrogen and oxygen atoms in total. The molecule has 0 aliphatic heterocycles. The molecule has 83 heavy (non-hydrogen) atoms. The summed E-state index contributed by atoms with van der Waals surface area (Å²) < 4.78 is 33.1. The molecule has 0 aliphatic rings. The Morgan fingerprint density at radius 1 is 0.361 bits per heavy atom. The molecule has 0 aromatic carbocycles. The van der Waals surface area contributed by atoms with E-state index in [0.717, 1.165) is 116 Å². The molecule has 0 saturated heterocycles. The van der Waals surface area contributed by atoms with E-state index in [1.54, 1.807) is 0 Å². The van der Waals surface area contributed by atoms with Gasteiger partial charge >= 0.3 is 19.8 Å². The zero-order valence-corrected chi connectivity index (χ0v) is 54.0. The average molecular weight is 1170 g/mol. The van der Waals surface area contributed by atoms with E-state index in [0.29, 0.717) is 6.42 Å². The van der Waals surface area contributed by atoms with Crippen molar-refractivity contribution in [3.63, 3.8) is 0 Å². The quantitative estimate of drug-likeness (QED) is 0.0264. The van der Waals surface area contributed by atoms with Crippen molar-refractivity contribution in [2.75, 3.05) is 26.4 Å². The number of phosphoric acid groups is 1. The molecule has 2 atom stereocenters. The lowest BCUT2D eigenvalue weighted by atomic mass is 10.0. The number of unbranched alkanes of at least 4 members (excludes halogenated alkanes) is 27. The van der Waals surface area contributed by atoms with Crippen molar-refractivity contribution in [1.82, 2.24) is 0 Å². The molecule has 0 rings (SSSR count). The van der Waals surface area contributed by atoms with Crippen LogP contribution in [0.15, 0.2) is 134 Å². The summed E-state index contributed by atoms with van der Waals surface area (Å²) in [5.41, 5.74) is 5.40. The number of carbonyl (C=O) groups excluding carboxylic acids is 2. The highest BCUT2D eigenvalue weighted by Gasteiger charge is 2.26. The fourth-order valence-electron chi connectivity index (χ4n) is 9.14. The summed E-state index contributed by atoms with van der Waals surface area (Å²) in [5, 5.41) is 0. The third-order valence-corrected chi connectivity index (χ3v) is 15.0. The lowest BCUT2D eigenvalue weighted by Gasteiger charge is -2.19. The predicted octanol–water partition coefficient (Wildman–Crippen LogP) is 22.1. The Hall–Kier alpha value is -3.85. The van der Waals surface area contributed by atoms with Gasteiger partial charge in [-0.3, -0.25) is 18.6 Å². The lowest BCUT2D eigenvalue weighted by Crippen LogP contribution is -2.29. The van der Waals surface area contributed by atoms with Crippen molar-refractivity contribution in [3.8, 4) is 0 Å². The maximum absolute atomic E-state index is 12.7. The first-order chi connectivity index (χ1) is 40.8. The van der Waals surface area contributed by atoms with E-state index in [9.17, 15) is 19.0 Å². The second-order valence-corrected chi connectivity index (χ2v) is 23.4. The first-order valence-electron chi connectivity index (χ1n) is 33.7. The van der Waals surface area contributed by atoms with Gasteiger partial charge in [-0.2, -0.15) is 0 Å². The number of carbonyl (C=O) groups is 2. The Kier molecular flexibility index (Phi) is 64.2. The van der Waals surface area contributed by atoms with Crippen LogP contribution >= 0.6 is 7.82 Å². The number of esters is 2. The van der Waals surface area contributed by atoms with Gasteiger partial charge in [-0.1, -0.05) is 295 Å². The maximum atomic E-state index is 12.7. The van der Waals surface area contributed by atoms with Crippen molar-refractivity contribution in [2.45, 2.75) is 290 Å². The van der Waals surface area contributed by atoms with E-state index in [2.05, 4.69) is 148 Å². The van der Waals surface area contributed by atoms with Crippen LogP contribution in [0.5, 0.6) is 0 Å². The van der Waals surface area contributed by atoms with Crippen LogP contribution in [0.4, 0.5) is 0 Å². The minimum absolute atomic E-state index is 0.0469. The van der Waals surface area contributed by atoms with Crippen LogP contribution in [0.3, 0.4) is 0 Å². The highest BCUT2D eigenvalue weighted by atomic mass is 31.2. The van der Waals surface area contributed by atoms with Crippen molar-refractivity contribution < 1.29 is 37.6 Å². The zero-order valence-electron chi connectivity index (χ0n) is 53.1. The van der Waals surface area contributed by atoms with Crippen LogP contribution in [0, 0.1) is 0 Å². The smallest absolute Gasteiger partial charge is 0.462 e. The topological polar surface area (TPSA) is 134 Å². The van der Waals surface area contributed by atoms with E-state index in [1.807, 2.05) is 0 Å². The van der Waals surface area contributed by atoms with Gasteiger partial charge < -0.3 is 20.1 Å². The zero-order chi connectivity index (χ0) is 60.1. The van der Waals surface area contributed by atoms with Gasteiger partial charge in [0.15, 0.2) is 6.10 Å². The number of hydrogen-bond donors (Lipinski definition) is 2. The fourth-order valence-corrected chi connectivity index (χ4v) is 9.90. The van der Waals surface area contributed by atoms with Crippen LogP contribution in [0.2, 0.25) is 0 Å². The third-order valence-electron chi connectivity index (χ3n) is 14.0. The second kappa shape index (κ2) is 67.3. The number of allylic oxidation sites excluding steroid dienone is 22. The Bertz CT molecular complexity index is 1820. The molecule has 3 N–H and O–H groups in total. The van der Waals surface area contributed by atoms with Gasteiger partial charge in [-0.05, 0) is 109 Å². The second-order valence-electron chi connectivity index (χ2n) is 21.9. The summed E-state index contributed by atoms with van der Waals surface area (Å²) >= 11 is 0. The summed E-state index contributed by atoms with van der Waals surface area (Å²) in [6, 6.07) is 0. The van der Waals surface area contributed by atoms with Crippen LogP contribution in [-0.2, 0) is 32.7 Å². The van der Waals surface area contributed by atoms with E-state index in [1.165, 1.54) is 135 Å². The molecule has 0 saturated carbocycles. The molecule has 0 bridgehead atoms. The normalized spacial score (nSPS) is 13.8. The van der Waals surface area contributed by atoms with Crippen LogP contribution in [-0.4, -0.2) is 49.3 Å². The van der Waals surface area contributed by atoms with Gasteiger partial charge in [0.05, 0.1) is 13.2 Å². The molecule has 0 aliphatic carbocycles. The van der Waals surface area contributed by atoms with Crippen molar-refractivity contribution in [1.29, 1.82) is 0 Å². The molecule has 0 heterocycles. The summed E-state index contributed by atoms with van der Waals surface area (Å²) in [6.45, 7) is 3.52. The number of rotatable bonds is 62. The van der Waals surface area contributed by atoms with Crippen LogP contribution < -0.4 is 5.73 Å². The average Bonchev–Trinajstić information content (AvgIpc) is 3.48. The van der Waals surface area contributed by atoms with E-state index in [-0.39, 0.29) is 38.6 Å². The molecular weight excluding hydrogens is 1050 g/mol. The number of hydrogen-bond acceptors (Lipinski definition) is 8. The van der Waals surface area contributed by atoms with Crippen LogP contribution in [0.1, 0.15) is 284 Å². The van der Waals surface area contributed by atoms with Crippen LogP contribution in [0.25, 0.3) is 0 Å². The van der Waals surface area contributed by atoms with Crippen molar-refractivity contribution in [3.05, 3.63) is 134 Å². The highest BCUT2D eigenvalue weighted by molar-refractivity contribution is 7.47. The summed E-state index contributed by atoms with van der Waals surface area (Å²) in [7, 11) is -4.40. The van der Waals surface area contributed by atoms with Gasteiger partial charge in [0.25, 0.3) is 0 Å². The van der Waals surface area contributed by atoms with E-state index >= 15 is 0 Å². The van der Waals surface area contributed by atoms with E-state index in [4.69, 9.17) is 24.3 Å². The first-order valence-corrected chi connectivity index (χ1v) is 35.2. The van der Waals surface area contributed by atoms with Gasteiger partial charge in [0.1, 0.15) is 6.61 Å². The highest BCUT2D eigenvalue weighted by Crippen LogP contribution is 2.43. The Morgan fingerprint density at radius 3 is 0.928 bits per heavy atom. The molecule has 0 spiro atoms. The number of phosphoric ester groups is 1. The van der Waals surface area contributed by atoms with E-state index < -0.39 is 26.5 Å². The molecule has 10 heteroatoms. The Morgan fingerprint density at radius 2 is 0.627 bits per heavy atom. The SMILES string of the molecule is CC/C=C\C/C=C\C/C=C\C/C=C\C/C=C\C/C=C\CCCCCCCCCCC(=O)OC(COC(=O)CCCCCCCCCCCCCCCCCCCCC/C=C\C/C=C\C/C=C\C/C=C\C/C=C\CC)COP(=O)(O)OCCN. The lowest BCUT2D eigenvalue weighted by molar-refractivity contribution is -0.161. The summed E-state index contributed by atoms with van der Waals surface area (Å²) in [6.07, 6.45) is 95.3. The van der Waals surface area contributed by atoms with Gasteiger partial charge in [0.2, 0.25) is 0 Å². The van der Waals surface area contributed by atoms with Crippen molar-refractivity contribution >= 4 is 19.8 Å². The maximum Gasteiger partial charge on any atom is 0.472 e. The Balaban J connectivity index is 3.91. The number of ether oxygens (including phenoxy) is 2. The fraction of sp³-hybridized carbons (Fsp3) is 0.671. The molecule has 0 aromatic heterocycles. The molecule has 0 amide bonds. The molecular formula is C73H124NO8P. The van der Waals surface area contributed by atoms with Gasteiger partial charge in [-0.15, -0.1) is 0 Å². The predicted molar refractivity (Wildman–Crippen MR) is 357 cm³/mol. The summed E-state index contributed by atoms with van der Waals surface area (Å²) in [4.78, 5) is 35.3. The Labute approximate surface area is 510 Å². The molecule has 2 unspecified atom stereocenters. The minimum atomic E-state index is -4.40. The van der Waals surface area contributed by atoms with Gasteiger partial charge in [-0.25, -0.2) is 4.57 Å². The third kappa shape index (κ3) is 67.2.